The summed E-state index contributed by atoms with van der Waals surface area (Å²) in [5.74, 6) is 0.419. The molecule has 0 aliphatic carbocycles. The Kier molecular flexibility index (Phi) is 3.24. The molecule has 78 valence electrons. The quantitative estimate of drug-likeness (QED) is 0.716. The summed E-state index contributed by atoms with van der Waals surface area (Å²) < 4.78 is 5.04. The van der Waals surface area contributed by atoms with Gasteiger partial charge in [0, 0.05) is 12.0 Å². The molecule has 0 radical (unpaired) electrons. The van der Waals surface area contributed by atoms with E-state index in [1.807, 2.05) is 13.8 Å². The first-order chi connectivity index (χ1) is 6.49. The molecule has 0 spiro atoms. The normalized spacial score (nSPS) is 11.6. The van der Waals surface area contributed by atoms with Gasteiger partial charge in [0.15, 0.2) is 6.39 Å². The first-order valence-electron chi connectivity index (χ1n) is 4.40. The molecule has 1 amide bonds. The van der Waals surface area contributed by atoms with E-state index in [0.29, 0.717) is 13.0 Å². The molecule has 0 aliphatic rings. The topological polar surface area (TPSA) is 81.2 Å². The van der Waals surface area contributed by atoms with Gasteiger partial charge in [-0.25, -0.2) is 4.98 Å². The molecule has 5 heteroatoms. The van der Waals surface area contributed by atoms with Crippen LogP contribution in [0.4, 0.5) is 0 Å². The molecular weight excluding hydrogens is 182 g/mol. The molecule has 0 aliphatic heterocycles. The van der Waals surface area contributed by atoms with Gasteiger partial charge in [0.05, 0.1) is 12.7 Å². The lowest BCUT2D eigenvalue weighted by Gasteiger charge is -2.23. The van der Waals surface area contributed by atoms with Gasteiger partial charge in [-0.05, 0) is 13.8 Å². The number of nitrogens with zero attached hydrogens (tertiary/aromatic N) is 1. The number of hydrogen-bond acceptors (Lipinski definition) is 4. The predicted molar refractivity (Wildman–Crippen MR) is 51.2 cm³/mol. The number of amides is 1. The minimum atomic E-state index is -0.321. The van der Waals surface area contributed by atoms with Gasteiger partial charge >= 0.3 is 0 Å². The lowest BCUT2D eigenvalue weighted by Crippen LogP contribution is -2.42. The van der Waals surface area contributed by atoms with Crippen LogP contribution in [-0.2, 0) is 11.3 Å². The highest BCUT2D eigenvalue weighted by Gasteiger charge is 2.19. The molecule has 0 atom stereocenters. The molecule has 0 bridgehead atoms. The van der Waals surface area contributed by atoms with Crippen LogP contribution in [0.15, 0.2) is 17.0 Å². The van der Waals surface area contributed by atoms with Crippen molar-refractivity contribution in [3.05, 3.63) is 18.4 Å². The van der Waals surface area contributed by atoms with Crippen LogP contribution in [0.3, 0.4) is 0 Å². The van der Waals surface area contributed by atoms with Crippen molar-refractivity contribution in [3.63, 3.8) is 0 Å². The fraction of sp³-hybridized carbons (Fsp3) is 0.556. The molecule has 0 unspecified atom stereocenters. The van der Waals surface area contributed by atoms with Crippen molar-refractivity contribution in [3.8, 4) is 0 Å². The molecule has 1 heterocycles. The number of oxazole rings is 1. The highest BCUT2D eigenvalue weighted by molar-refractivity contribution is 5.74. The van der Waals surface area contributed by atoms with E-state index in [4.69, 9.17) is 10.2 Å². The summed E-state index contributed by atoms with van der Waals surface area (Å²) in [6.07, 6.45) is 3.30. The first kappa shape index (κ1) is 10.7. The summed E-state index contributed by atoms with van der Waals surface area (Å²) in [5, 5.41) is 3.16. The first-order valence-corrected chi connectivity index (χ1v) is 4.40. The van der Waals surface area contributed by atoms with Crippen molar-refractivity contribution in [2.45, 2.75) is 32.4 Å². The van der Waals surface area contributed by atoms with Crippen LogP contribution < -0.4 is 11.1 Å². The van der Waals surface area contributed by atoms with E-state index < -0.39 is 0 Å². The van der Waals surface area contributed by atoms with Crippen LogP contribution in [0, 0.1) is 0 Å². The van der Waals surface area contributed by atoms with Gasteiger partial charge in [-0.15, -0.1) is 0 Å². The second kappa shape index (κ2) is 4.23. The number of carbonyl (C=O) groups is 1. The van der Waals surface area contributed by atoms with Crippen molar-refractivity contribution in [1.82, 2.24) is 10.3 Å². The van der Waals surface area contributed by atoms with Crippen molar-refractivity contribution in [1.29, 1.82) is 0 Å². The number of hydrogen-bond donors (Lipinski definition) is 2. The third-order valence-electron chi connectivity index (χ3n) is 1.84. The van der Waals surface area contributed by atoms with Crippen LogP contribution >= 0.6 is 0 Å². The average Bonchev–Trinajstić information content (AvgIpc) is 2.50. The molecular formula is C9H15N3O2. The second-order valence-corrected chi connectivity index (χ2v) is 3.85. The summed E-state index contributed by atoms with van der Waals surface area (Å²) in [5.41, 5.74) is 4.79. The van der Waals surface area contributed by atoms with E-state index in [0.717, 1.165) is 5.76 Å². The van der Waals surface area contributed by atoms with Gasteiger partial charge in [0.25, 0.3) is 0 Å². The number of aromatic nitrogens is 1. The van der Waals surface area contributed by atoms with Gasteiger partial charge in [-0.1, -0.05) is 0 Å². The smallest absolute Gasteiger partial charge is 0.219 e. The Morgan fingerprint density at radius 1 is 1.71 bits per heavy atom. The van der Waals surface area contributed by atoms with E-state index in [-0.39, 0.29) is 11.4 Å². The molecule has 0 fully saturated rings. The monoisotopic (exact) mass is 197 g/mol. The second-order valence-electron chi connectivity index (χ2n) is 3.85. The number of primary amides is 1. The minimum Gasteiger partial charge on any atom is -0.447 e. The van der Waals surface area contributed by atoms with Gasteiger partial charge in [0.2, 0.25) is 5.91 Å². The van der Waals surface area contributed by atoms with Crippen LogP contribution in [0.25, 0.3) is 0 Å². The molecule has 5 nitrogen and oxygen atoms in total. The van der Waals surface area contributed by atoms with Gasteiger partial charge in [0.1, 0.15) is 5.76 Å². The van der Waals surface area contributed by atoms with Crippen molar-refractivity contribution >= 4 is 5.91 Å². The number of carbonyl (C=O) groups excluding carboxylic acids is 1. The molecule has 14 heavy (non-hydrogen) atoms. The zero-order valence-electron chi connectivity index (χ0n) is 8.41. The summed E-state index contributed by atoms with van der Waals surface area (Å²) in [6, 6.07) is 0. The molecule has 0 saturated heterocycles. The SMILES string of the molecule is CC(C)(CC(N)=O)NCc1cnco1. The van der Waals surface area contributed by atoms with Gasteiger partial charge in [-0.3, -0.25) is 4.79 Å². The molecule has 1 aromatic heterocycles. The van der Waals surface area contributed by atoms with E-state index in [2.05, 4.69) is 10.3 Å². The Bertz CT molecular complexity index is 293. The summed E-state index contributed by atoms with van der Waals surface area (Å²) in [6.45, 7) is 4.36. The standard InChI is InChI=1S/C9H15N3O2/c1-9(2,3-8(10)13)12-5-7-4-11-6-14-7/h4,6,12H,3,5H2,1-2H3,(H2,10,13). The van der Waals surface area contributed by atoms with Crippen LogP contribution in [0.1, 0.15) is 26.0 Å². The summed E-state index contributed by atoms with van der Waals surface area (Å²) in [4.78, 5) is 14.5. The minimum absolute atomic E-state index is 0.293. The third kappa shape index (κ3) is 3.57. The zero-order chi connectivity index (χ0) is 10.6. The average molecular weight is 197 g/mol. The van der Waals surface area contributed by atoms with Crippen LogP contribution in [-0.4, -0.2) is 16.4 Å². The van der Waals surface area contributed by atoms with E-state index in [9.17, 15) is 4.79 Å². The summed E-state index contributed by atoms with van der Waals surface area (Å²) in [7, 11) is 0. The van der Waals surface area contributed by atoms with Crippen molar-refractivity contribution < 1.29 is 9.21 Å². The van der Waals surface area contributed by atoms with Crippen molar-refractivity contribution in [2.24, 2.45) is 5.73 Å². The number of rotatable bonds is 5. The molecule has 1 rings (SSSR count). The molecule has 0 aromatic carbocycles. The molecule has 3 N–H and O–H groups in total. The largest absolute Gasteiger partial charge is 0.447 e. The van der Waals surface area contributed by atoms with Gasteiger partial charge < -0.3 is 15.5 Å². The molecule has 1 aromatic rings. The fourth-order valence-corrected chi connectivity index (χ4v) is 1.15. The van der Waals surface area contributed by atoms with Crippen LogP contribution in [0.5, 0.6) is 0 Å². The highest BCUT2D eigenvalue weighted by Crippen LogP contribution is 2.09. The number of nitrogens with one attached hydrogen (secondary N) is 1. The Labute approximate surface area is 82.7 Å². The maximum Gasteiger partial charge on any atom is 0.219 e. The lowest BCUT2D eigenvalue weighted by atomic mass is 10.0. The Hall–Kier alpha value is -1.36. The maximum absolute atomic E-state index is 10.7. The van der Waals surface area contributed by atoms with Crippen LogP contribution in [0.2, 0.25) is 0 Å². The molecule has 0 saturated carbocycles. The Balaban J connectivity index is 2.40. The van der Waals surface area contributed by atoms with E-state index in [1.165, 1.54) is 6.39 Å². The van der Waals surface area contributed by atoms with E-state index >= 15 is 0 Å². The summed E-state index contributed by atoms with van der Waals surface area (Å²) >= 11 is 0. The zero-order valence-corrected chi connectivity index (χ0v) is 8.41. The Morgan fingerprint density at radius 2 is 2.43 bits per heavy atom. The highest BCUT2D eigenvalue weighted by atomic mass is 16.3. The van der Waals surface area contributed by atoms with Crippen molar-refractivity contribution in [2.75, 3.05) is 0 Å². The van der Waals surface area contributed by atoms with E-state index in [1.54, 1.807) is 6.20 Å². The van der Waals surface area contributed by atoms with Gasteiger partial charge in [-0.2, -0.15) is 0 Å². The lowest BCUT2D eigenvalue weighted by molar-refractivity contribution is -0.119. The fourth-order valence-electron chi connectivity index (χ4n) is 1.15. The predicted octanol–water partition coefficient (Wildman–Crippen LogP) is 0.418. The number of nitrogens with two attached hydrogens (primary N) is 1. The Morgan fingerprint density at radius 3 is 2.93 bits per heavy atom. The third-order valence-corrected chi connectivity index (χ3v) is 1.84. The maximum atomic E-state index is 10.7.